The predicted molar refractivity (Wildman–Crippen MR) is 69.0 cm³/mol. The van der Waals surface area contributed by atoms with Crippen molar-refractivity contribution in [3.8, 4) is 11.3 Å². The molecular weight excluding hydrogens is 264 g/mol. The minimum atomic E-state index is -0.859. The molecule has 0 atom stereocenters. The summed E-state index contributed by atoms with van der Waals surface area (Å²) in [4.78, 5) is 20.6. The van der Waals surface area contributed by atoms with Gasteiger partial charge in [0, 0.05) is 30.7 Å². The fraction of sp³-hybridized carbons (Fsp3) is 0.250. The number of carboxylic acid groups (broad SMARTS) is 1. The van der Waals surface area contributed by atoms with E-state index in [4.69, 9.17) is 5.11 Å². The molecule has 1 aromatic heterocycles. The van der Waals surface area contributed by atoms with Crippen molar-refractivity contribution in [2.45, 2.75) is 19.4 Å². The molecule has 0 amide bonds. The molecule has 2 rings (SSSR count). The SMILES string of the molecule is O=C(O)CCCn1nncc1-c1ccc([N+](=O)[O-])cc1. The second-order valence-electron chi connectivity index (χ2n) is 4.14. The van der Waals surface area contributed by atoms with E-state index in [1.807, 2.05) is 0 Å². The topological polar surface area (TPSA) is 111 Å². The lowest BCUT2D eigenvalue weighted by molar-refractivity contribution is -0.384. The largest absolute Gasteiger partial charge is 0.481 e. The molecular formula is C12H12N4O4. The molecule has 8 heteroatoms. The highest BCUT2D eigenvalue weighted by Gasteiger charge is 2.10. The number of aryl methyl sites for hydroxylation is 1. The van der Waals surface area contributed by atoms with Crippen molar-refractivity contribution in [1.82, 2.24) is 15.0 Å². The van der Waals surface area contributed by atoms with E-state index in [-0.39, 0.29) is 12.1 Å². The highest BCUT2D eigenvalue weighted by Crippen LogP contribution is 2.21. The summed E-state index contributed by atoms with van der Waals surface area (Å²) >= 11 is 0. The summed E-state index contributed by atoms with van der Waals surface area (Å²) in [6, 6.07) is 6.04. The summed E-state index contributed by atoms with van der Waals surface area (Å²) in [6.07, 6.45) is 2.04. The van der Waals surface area contributed by atoms with E-state index >= 15 is 0 Å². The summed E-state index contributed by atoms with van der Waals surface area (Å²) in [6.45, 7) is 0.429. The van der Waals surface area contributed by atoms with E-state index in [2.05, 4.69) is 10.3 Å². The molecule has 1 heterocycles. The van der Waals surface area contributed by atoms with Crippen LogP contribution >= 0.6 is 0 Å². The Kier molecular flexibility index (Phi) is 4.04. The predicted octanol–water partition coefficient (Wildman–Crippen LogP) is 1.72. The Balaban J connectivity index is 2.14. The third kappa shape index (κ3) is 3.16. The number of non-ortho nitro benzene ring substituents is 1. The van der Waals surface area contributed by atoms with Crippen LogP contribution in [0.3, 0.4) is 0 Å². The summed E-state index contributed by atoms with van der Waals surface area (Å²) in [5.41, 5.74) is 1.46. The molecule has 0 radical (unpaired) electrons. The van der Waals surface area contributed by atoms with Crippen LogP contribution in [0.1, 0.15) is 12.8 Å². The lowest BCUT2D eigenvalue weighted by Crippen LogP contribution is -2.05. The van der Waals surface area contributed by atoms with Crippen molar-refractivity contribution in [3.63, 3.8) is 0 Å². The number of rotatable bonds is 6. The maximum atomic E-state index is 10.6. The summed E-state index contributed by atoms with van der Waals surface area (Å²) < 4.78 is 1.59. The van der Waals surface area contributed by atoms with Crippen LogP contribution in [0.25, 0.3) is 11.3 Å². The molecule has 104 valence electrons. The Labute approximate surface area is 113 Å². The van der Waals surface area contributed by atoms with Gasteiger partial charge >= 0.3 is 5.97 Å². The number of carboxylic acids is 1. The molecule has 0 unspecified atom stereocenters. The van der Waals surface area contributed by atoms with Crippen molar-refractivity contribution in [2.75, 3.05) is 0 Å². The number of nitro groups is 1. The number of nitrogens with zero attached hydrogens (tertiary/aromatic N) is 4. The Morgan fingerprint density at radius 1 is 1.35 bits per heavy atom. The molecule has 0 aliphatic carbocycles. The van der Waals surface area contributed by atoms with Gasteiger partial charge in [0.05, 0.1) is 16.8 Å². The van der Waals surface area contributed by atoms with Crippen LogP contribution in [0.15, 0.2) is 30.5 Å². The van der Waals surface area contributed by atoms with Gasteiger partial charge in [0.25, 0.3) is 5.69 Å². The average Bonchev–Trinajstić information content (AvgIpc) is 2.87. The van der Waals surface area contributed by atoms with Crippen LogP contribution in [-0.4, -0.2) is 31.0 Å². The first-order valence-corrected chi connectivity index (χ1v) is 5.93. The lowest BCUT2D eigenvalue weighted by atomic mass is 10.1. The van der Waals surface area contributed by atoms with Gasteiger partial charge in [-0.2, -0.15) is 0 Å². The normalized spacial score (nSPS) is 10.4. The first-order valence-electron chi connectivity index (χ1n) is 5.93. The van der Waals surface area contributed by atoms with Crippen LogP contribution < -0.4 is 0 Å². The van der Waals surface area contributed by atoms with E-state index in [1.54, 1.807) is 23.0 Å². The fourth-order valence-electron chi connectivity index (χ4n) is 1.78. The number of nitro benzene ring substituents is 1. The molecule has 8 nitrogen and oxygen atoms in total. The van der Waals surface area contributed by atoms with E-state index in [0.717, 1.165) is 5.56 Å². The second-order valence-corrected chi connectivity index (χ2v) is 4.14. The van der Waals surface area contributed by atoms with Gasteiger partial charge in [0.2, 0.25) is 0 Å². The Bertz CT molecular complexity index is 621. The van der Waals surface area contributed by atoms with Crippen molar-refractivity contribution >= 4 is 11.7 Å². The molecule has 0 fully saturated rings. The molecule has 0 aliphatic rings. The van der Waals surface area contributed by atoms with Crippen LogP contribution in [0.5, 0.6) is 0 Å². The molecule has 1 aromatic carbocycles. The van der Waals surface area contributed by atoms with Gasteiger partial charge in [0.15, 0.2) is 0 Å². The maximum absolute atomic E-state index is 10.6. The van der Waals surface area contributed by atoms with Crippen molar-refractivity contribution in [2.24, 2.45) is 0 Å². The van der Waals surface area contributed by atoms with Crippen molar-refractivity contribution < 1.29 is 14.8 Å². The average molecular weight is 276 g/mol. The lowest BCUT2D eigenvalue weighted by Gasteiger charge is -2.05. The quantitative estimate of drug-likeness (QED) is 0.635. The van der Waals surface area contributed by atoms with E-state index < -0.39 is 10.9 Å². The first-order chi connectivity index (χ1) is 9.58. The third-order valence-electron chi connectivity index (χ3n) is 2.75. The Hall–Kier alpha value is -2.77. The number of aliphatic carboxylic acids is 1. The molecule has 2 aromatic rings. The Morgan fingerprint density at radius 2 is 2.05 bits per heavy atom. The number of hydrogen-bond donors (Lipinski definition) is 1. The van der Waals surface area contributed by atoms with Crippen molar-refractivity contribution in [1.29, 1.82) is 0 Å². The highest BCUT2D eigenvalue weighted by molar-refractivity contribution is 5.66. The van der Waals surface area contributed by atoms with Gasteiger partial charge < -0.3 is 5.11 Å². The maximum Gasteiger partial charge on any atom is 0.303 e. The van der Waals surface area contributed by atoms with E-state index in [9.17, 15) is 14.9 Å². The molecule has 0 bridgehead atoms. The van der Waals surface area contributed by atoms with Gasteiger partial charge in [-0.3, -0.25) is 14.9 Å². The molecule has 0 aliphatic heterocycles. The zero-order valence-corrected chi connectivity index (χ0v) is 10.5. The molecule has 0 spiro atoms. The minimum absolute atomic E-state index is 0.0126. The smallest absolute Gasteiger partial charge is 0.303 e. The third-order valence-corrected chi connectivity index (χ3v) is 2.75. The number of benzene rings is 1. The first kappa shape index (κ1) is 13.7. The standard InChI is InChI=1S/C12H12N4O4/c17-12(18)2-1-7-15-11(8-13-14-15)9-3-5-10(6-4-9)16(19)20/h3-6,8H,1-2,7H2,(H,17,18). The second kappa shape index (κ2) is 5.91. The van der Waals surface area contributed by atoms with Crippen LogP contribution in [0.4, 0.5) is 5.69 Å². The molecule has 1 N–H and O–H groups in total. The fourth-order valence-corrected chi connectivity index (χ4v) is 1.78. The highest BCUT2D eigenvalue weighted by atomic mass is 16.6. The zero-order valence-electron chi connectivity index (χ0n) is 10.5. The van der Waals surface area contributed by atoms with Crippen LogP contribution in [0, 0.1) is 10.1 Å². The van der Waals surface area contributed by atoms with Gasteiger partial charge in [-0.25, -0.2) is 4.68 Å². The molecule has 0 saturated heterocycles. The van der Waals surface area contributed by atoms with E-state index in [0.29, 0.717) is 18.7 Å². The summed E-state index contributed by atoms with van der Waals surface area (Å²) in [7, 11) is 0. The minimum Gasteiger partial charge on any atom is -0.481 e. The van der Waals surface area contributed by atoms with Gasteiger partial charge in [0.1, 0.15) is 0 Å². The van der Waals surface area contributed by atoms with E-state index in [1.165, 1.54) is 12.1 Å². The number of aromatic nitrogens is 3. The molecule has 0 saturated carbocycles. The van der Waals surface area contributed by atoms with Crippen LogP contribution in [-0.2, 0) is 11.3 Å². The van der Waals surface area contributed by atoms with Gasteiger partial charge in [-0.05, 0) is 18.6 Å². The zero-order chi connectivity index (χ0) is 14.5. The Morgan fingerprint density at radius 3 is 2.65 bits per heavy atom. The van der Waals surface area contributed by atoms with Gasteiger partial charge in [-0.1, -0.05) is 5.21 Å². The number of hydrogen-bond acceptors (Lipinski definition) is 5. The van der Waals surface area contributed by atoms with Crippen molar-refractivity contribution in [3.05, 3.63) is 40.6 Å². The molecule has 20 heavy (non-hydrogen) atoms. The summed E-state index contributed by atoms with van der Waals surface area (Å²) in [5, 5.41) is 26.9. The summed E-state index contributed by atoms with van der Waals surface area (Å²) in [5.74, 6) is -0.859. The van der Waals surface area contributed by atoms with Crippen LogP contribution in [0.2, 0.25) is 0 Å². The van der Waals surface area contributed by atoms with Gasteiger partial charge in [-0.15, -0.1) is 5.10 Å². The number of carbonyl (C=O) groups is 1. The monoisotopic (exact) mass is 276 g/mol.